The normalized spacial score (nSPS) is 9.90. The van der Waals surface area contributed by atoms with Crippen LogP contribution in [0.25, 0.3) is 0 Å². The lowest BCUT2D eigenvalue weighted by Crippen LogP contribution is -2.09. The summed E-state index contributed by atoms with van der Waals surface area (Å²) in [5, 5.41) is 12.2. The first-order valence-electron chi connectivity index (χ1n) is 6.30. The maximum absolute atomic E-state index is 13.2. The van der Waals surface area contributed by atoms with E-state index in [1.54, 1.807) is 0 Å². The quantitative estimate of drug-likeness (QED) is 0.924. The Hall–Kier alpha value is -2.54. The van der Waals surface area contributed by atoms with Gasteiger partial charge in [0.05, 0.1) is 11.6 Å². The molecule has 0 aliphatic rings. The molecule has 0 spiro atoms. The maximum Gasteiger partial charge on any atom is 0.123 e. The molecular formula is C16H16FN3. The monoisotopic (exact) mass is 269 g/mol. The molecule has 0 atom stereocenters. The summed E-state index contributed by atoms with van der Waals surface area (Å²) in [5.74, 6) is -0.331. The molecule has 102 valence electrons. The largest absolute Gasteiger partial charge is 0.381 e. The van der Waals surface area contributed by atoms with Crippen LogP contribution in [0.4, 0.5) is 15.8 Å². The smallest absolute Gasteiger partial charge is 0.123 e. The molecule has 0 saturated heterocycles. The van der Waals surface area contributed by atoms with Crippen molar-refractivity contribution in [1.82, 2.24) is 0 Å². The summed E-state index contributed by atoms with van der Waals surface area (Å²) in [5.41, 5.74) is 3.16. The van der Waals surface area contributed by atoms with Crippen LogP contribution in [0.3, 0.4) is 0 Å². The first-order valence-corrected chi connectivity index (χ1v) is 6.30. The summed E-state index contributed by atoms with van der Waals surface area (Å²) in [7, 11) is 3.94. The van der Waals surface area contributed by atoms with E-state index in [2.05, 4.69) is 11.4 Å². The number of hydrogen-bond donors (Lipinski definition) is 1. The average Bonchev–Trinajstić information content (AvgIpc) is 2.45. The van der Waals surface area contributed by atoms with Crippen LogP contribution < -0.4 is 10.2 Å². The van der Waals surface area contributed by atoms with Gasteiger partial charge >= 0.3 is 0 Å². The minimum absolute atomic E-state index is 0.331. The van der Waals surface area contributed by atoms with Crippen molar-refractivity contribution in [2.45, 2.75) is 6.54 Å². The van der Waals surface area contributed by atoms with Gasteiger partial charge in [-0.1, -0.05) is 6.07 Å². The van der Waals surface area contributed by atoms with Crippen molar-refractivity contribution >= 4 is 11.4 Å². The summed E-state index contributed by atoms with van der Waals surface area (Å²) in [6, 6.07) is 14.2. The van der Waals surface area contributed by atoms with Gasteiger partial charge in [-0.05, 0) is 42.0 Å². The molecule has 0 fully saturated rings. The van der Waals surface area contributed by atoms with E-state index in [0.29, 0.717) is 17.7 Å². The Bertz CT molecular complexity index is 644. The van der Waals surface area contributed by atoms with Gasteiger partial charge < -0.3 is 10.2 Å². The highest BCUT2D eigenvalue weighted by Gasteiger charge is 2.04. The third-order valence-corrected chi connectivity index (χ3v) is 3.03. The zero-order chi connectivity index (χ0) is 14.5. The van der Waals surface area contributed by atoms with Crippen molar-refractivity contribution in [2.75, 3.05) is 24.3 Å². The summed E-state index contributed by atoms with van der Waals surface area (Å²) < 4.78 is 13.2. The van der Waals surface area contributed by atoms with E-state index in [1.165, 1.54) is 18.2 Å². The molecule has 0 aliphatic carbocycles. The molecule has 3 nitrogen and oxygen atoms in total. The lowest BCUT2D eigenvalue weighted by atomic mass is 10.1. The number of benzene rings is 2. The zero-order valence-electron chi connectivity index (χ0n) is 11.5. The van der Waals surface area contributed by atoms with Crippen LogP contribution in [0.15, 0.2) is 42.5 Å². The molecule has 0 aliphatic heterocycles. The second-order valence-corrected chi connectivity index (χ2v) is 4.71. The van der Waals surface area contributed by atoms with Gasteiger partial charge in [0, 0.05) is 32.0 Å². The van der Waals surface area contributed by atoms with E-state index in [4.69, 9.17) is 5.26 Å². The van der Waals surface area contributed by atoms with Crippen molar-refractivity contribution in [3.63, 3.8) is 0 Å². The van der Waals surface area contributed by atoms with Crippen LogP contribution in [0.5, 0.6) is 0 Å². The molecule has 2 rings (SSSR count). The summed E-state index contributed by atoms with van der Waals surface area (Å²) >= 11 is 0. The summed E-state index contributed by atoms with van der Waals surface area (Å²) in [6.45, 7) is 0.414. The molecule has 20 heavy (non-hydrogen) atoms. The molecular weight excluding hydrogens is 253 g/mol. The Morgan fingerprint density at radius 2 is 2.00 bits per heavy atom. The van der Waals surface area contributed by atoms with Gasteiger partial charge in [-0.2, -0.15) is 5.26 Å². The number of nitriles is 1. The Labute approximate surface area is 118 Å². The molecule has 0 amide bonds. The van der Waals surface area contributed by atoms with E-state index >= 15 is 0 Å². The van der Waals surface area contributed by atoms with E-state index in [0.717, 1.165) is 11.4 Å². The van der Waals surface area contributed by atoms with Crippen LogP contribution in [0, 0.1) is 17.1 Å². The van der Waals surface area contributed by atoms with E-state index in [1.807, 2.05) is 43.3 Å². The number of halogens is 1. The minimum atomic E-state index is -0.331. The molecule has 2 aromatic carbocycles. The van der Waals surface area contributed by atoms with Crippen molar-refractivity contribution in [3.05, 3.63) is 59.4 Å². The van der Waals surface area contributed by atoms with Crippen LogP contribution in [0.1, 0.15) is 11.1 Å². The van der Waals surface area contributed by atoms with Crippen LogP contribution >= 0.6 is 0 Å². The standard InChI is InChI=1S/C16H16FN3/c1-20(2)16-5-3-4-15(9-16)19-11-13-8-14(17)7-6-12(13)10-18/h3-9,19H,11H2,1-2H3. The van der Waals surface area contributed by atoms with E-state index in [-0.39, 0.29) is 5.82 Å². The molecule has 0 heterocycles. The number of nitrogens with one attached hydrogen (secondary N) is 1. The van der Waals surface area contributed by atoms with Crippen molar-refractivity contribution < 1.29 is 4.39 Å². The van der Waals surface area contributed by atoms with Gasteiger partial charge in [-0.25, -0.2) is 4.39 Å². The highest BCUT2D eigenvalue weighted by molar-refractivity contribution is 5.57. The zero-order valence-corrected chi connectivity index (χ0v) is 11.5. The van der Waals surface area contributed by atoms with Gasteiger partial charge in [-0.15, -0.1) is 0 Å². The lowest BCUT2D eigenvalue weighted by Gasteiger charge is -2.14. The van der Waals surface area contributed by atoms with Crippen molar-refractivity contribution in [3.8, 4) is 6.07 Å². The Balaban J connectivity index is 2.15. The second-order valence-electron chi connectivity index (χ2n) is 4.71. The van der Waals surface area contributed by atoms with E-state index in [9.17, 15) is 4.39 Å². The van der Waals surface area contributed by atoms with Gasteiger partial charge in [-0.3, -0.25) is 0 Å². The number of nitrogens with zero attached hydrogens (tertiary/aromatic N) is 2. The second kappa shape index (κ2) is 6.07. The number of hydrogen-bond acceptors (Lipinski definition) is 3. The Kier molecular flexibility index (Phi) is 4.21. The lowest BCUT2D eigenvalue weighted by molar-refractivity contribution is 0.625. The molecule has 0 aromatic heterocycles. The average molecular weight is 269 g/mol. The molecule has 1 N–H and O–H groups in total. The predicted octanol–water partition coefficient (Wildman–Crippen LogP) is 3.38. The summed E-state index contributed by atoms with van der Waals surface area (Å²) in [4.78, 5) is 2.01. The van der Waals surface area contributed by atoms with Crippen molar-refractivity contribution in [2.24, 2.45) is 0 Å². The molecule has 2 aromatic rings. The highest BCUT2D eigenvalue weighted by atomic mass is 19.1. The van der Waals surface area contributed by atoms with Crippen LogP contribution in [-0.2, 0) is 6.54 Å². The van der Waals surface area contributed by atoms with Gasteiger partial charge in [0.1, 0.15) is 5.82 Å². The molecule has 0 bridgehead atoms. The van der Waals surface area contributed by atoms with Crippen LogP contribution in [-0.4, -0.2) is 14.1 Å². The fourth-order valence-electron chi connectivity index (χ4n) is 1.91. The highest BCUT2D eigenvalue weighted by Crippen LogP contribution is 2.19. The first kappa shape index (κ1) is 13.9. The summed E-state index contributed by atoms with van der Waals surface area (Å²) in [6.07, 6.45) is 0. The fourth-order valence-corrected chi connectivity index (χ4v) is 1.91. The third-order valence-electron chi connectivity index (χ3n) is 3.03. The predicted molar refractivity (Wildman–Crippen MR) is 79.2 cm³/mol. The van der Waals surface area contributed by atoms with Gasteiger partial charge in [0.25, 0.3) is 0 Å². The molecule has 0 radical (unpaired) electrons. The maximum atomic E-state index is 13.2. The Morgan fingerprint density at radius 1 is 1.20 bits per heavy atom. The topological polar surface area (TPSA) is 39.1 Å². The Morgan fingerprint density at radius 3 is 2.70 bits per heavy atom. The SMILES string of the molecule is CN(C)c1cccc(NCc2cc(F)ccc2C#N)c1. The number of rotatable bonds is 4. The first-order chi connectivity index (χ1) is 9.60. The molecule has 4 heteroatoms. The molecule has 0 unspecified atom stereocenters. The molecule has 0 saturated carbocycles. The van der Waals surface area contributed by atoms with Gasteiger partial charge in [0.2, 0.25) is 0 Å². The fraction of sp³-hybridized carbons (Fsp3) is 0.188. The van der Waals surface area contributed by atoms with Gasteiger partial charge in [0.15, 0.2) is 0 Å². The number of anilines is 2. The van der Waals surface area contributed by atoms with Crippen LogP contribution in [0.2, 0.25) is 0 Å². The van der Waals surface area contributed by atoms with Crippen molar-refractivity contribution in [1.29, 1.82) is 5.26 Å². The van der Waals surface area contributed by atoms with E-state index < -0.39 is 0 Å². The minimum Gasteiger partial charge on any atom is -0.381 e. The third kappa shape index (κ3) is 3.27.